The van der Waals surface area contributed by atoms with Gasteiger partial charge in [0, 0.05) is 36.0 Å². The quantitative estimate of drug-likeness (QED) is 0.653. The van der Waals surface area contributed by atoms with Crippen molar-refractivity contribution in [2.24, 2.45) is 5.92 Å². The van der Waals surface area contributed by atoms with Gasteiger partial charge in [-0.25, -0.2) is 14.0 Å². The number of alkyl carbamates (subject to hydrolysis) is 1. The molecule has 1 aromatic carbocycles. The Morgan fingerprint density at radius 1 is 1.20 bits per heavy atom. The maximum Gasteiger partial charge on any atom is 0.408 e. The molecule has 5 rings (SSSR count). The normalized spacial score (nSPS) is 21.3. The Morgan fingerprint density at radius 3 is 2.46 bits per heavy atom. The van der Waals surface area contributed by atoms with Crippen LogP contribution in [0.25, 0.3) is 10.9 Å². The fourth-order valence-corrected chi connectivity index (χ4v) is 5.57. The van der Waals surface area contributed by atoms with E-state index in [-0.39, 0.29) is 23.1 Å². The molecule has 1 atom stereocenters. The molecule has 1 amide bonds. The first-order valence-corrected chi connectivity index (χ1v) is 12.3. The number of aromatic carboxylic acids is 1. The average molecular weight is 486 g/mol. The number of nitrogens with zero attached hydrogens (tertiary/aromatic N) is 2. The number of halogens is 1. The molecule has 35 heavy (non-hydrogen) atoms. The van der Waals surface area contributed by atoms with E-state index in [1.54, 1.807) is 11.5 Å². The smallest absolute Gasteiger partial charge is 0.408 e. The second kappa shape index (κ2) is 7.96. The predicted octanol–water partition coefficient (Wildman–Crippen LogP) is 4.37. The van der Waals surface area contributed by atoms with Crippen molar-refractivity contribution in [2.45, 2.75) is 77.0 Å². The number of aryl methyl sites for hydroxylation is 1. The third-order valence-electron chi connectivity index (χ3n) is 7.45. The Balaban J connectivity index is 1.47. The number of fused-ring (bicyclic) bond motifs is 1. The van der Waals surface area contributed by atoms with E-state index in [4.69, 9.17) is 4.74 Å². The van der Waals surface area contributed by atoms with Crippen LogP contribution in [-0.4, -0.2) is 46.0 Å². The van der Waals surface area contributed by atoms with E-state index >= 15 is 4.39 Å². The van der Waals surface area contributed by atoms with Crippen LogP contribution in [0.2, 0.25) is 0 Å². The zero-order valence-corrected chi connectivity index (χ0v) is 20.6. The molecule has 1 unspecified atom stereocenters. The van der Waals surface area contributed by atoms with Gasteiger partial charge in [-0.15, -0.1) is 0 Å². The largest absolute Gasteiger partial charge is 0.477 e. The molecule has 2 aliphatic carbocycles. The lowest BCUT2D eigenvalue weighted by molar-refractivity contribution is 0.0477. The fourth-order valence-electron chi connectivity index (χ4n) is 5.57. The summed E-state index contributed by atoms with van der Waals surface area (Å²) in [6.45, 7) is 8.51. The number of benzene rings is 1. The highest BCUT2D eigenvalue weighted by molar-refractivity contribution is 5.95. The van der Waals surface area contributed by atoms with Crippen LogP contribution in [0.15, 0.2) is 16.9 Å². The van der Waals surface area contributed by atoms with Gasteiger partial charge >= 0.3 is 12.1 Å². The number of anilines is 1. The van der Waals surface area contributed by atoms with Crippen LogP contribution in [0.5, 0.6) is 0 Å². The Bertz CT molecular complexity index is 1290. The van der Waals surface area contributed by atoms with Crippen molar-refractivity contribution >= 4 is 28.7 Å². The Kier molecular flexibility index (Phi) is 5.38. The van der Waals surface area contributed by atoms with Crippen molar-refractivity contribution in [2.75, 3.05) is 18.0 Å². The first kappa shape index (κ1) is 23.6. The van der Waals surface area contributed by atoms with Crippen molar-refractivity contribution in [3.8, 4) is 0 Å². The molecule has 8 nitrogen and oxygen atoms in total. The van der Waals surface area contributed by atoms with Crippen molar-refractivity contribution < 1.29 is 23.8 Å². The lowest BCUT2D eigenvalue weighted by atomic mass is 9.96. The topological polar surface area (TPSA) is 101 Å². The van der Waals surface area contributed by atoms with E-state index in [9.17, 15) is 19.5 Å². The predicted molar refractivity (Wildman–Crippen MR) is 130 cm³/mol. The summed E-state index contributed by atoms with van der Waals surface area (Å²) in [6.07, 6.45) is 3.71. The number of ether oxygens (including phenoxy) is 1. The fraction of sp³-hybridized carbons (Fsp3) is 0.577. The minimum absolute atomic E-state index is 0.0552. The summed E-state index contributed by atoms with van der Waals surface area (Å²) in [5.74, 6) is -1.58. The van der Waals surface area contributed by atoms with Gasteiger partial charge in [-0.05, 0) is 77.5 Å². The monoisotopic (exact) mass is 485 g/mol. The van der Waals surface area contributed by atoms with Crippen LogP contribution in [0.4, 0.5) is 14.9 Å². The van der Waals surface area contributed by atoms with Crippen LogP contribution < -0.4 is 15.8 Å². The van der Waals surface area contributed by atoms with Gasteiger partial charge in [0.2, 0.25) is 0 Å². The van der Waals surface area contributed by atoms with Crippen molar-refractivity contribution in [3.05, 3.63) is 39.4 Å². The highest BCUT2D eigenvalue weighted by Gasteiger charge is 2.53. The van der Waals surface area contributed by atoms with Gasteiger partial charge in [-0.1, -0.05) is 0 Å². The minimum atomic E-state index is -1.30. The number of carboxylic acid groups (broad SMARTS) is 1. The Labute approximate surface area is 203 Å². The van der Waals surface area contributed by atoms with E-state index in [1.165, 1.54) is 12.1 Å². The number of hydrogen-bond donors (Lipinski definition) is 2. The molecular formula is C26H32FN3O5. The first-order chi connectivity index (χ1) is 16.4. The molecule has 1 aliphatic heterocycles. The molecule has 0 spiro atoms. The van der Waals surface area contributed by atoms with Crippen LogP contribution >= 0.6 is 0 Å². The summed E-state index contributed by atoms with van der Waals surface area (Å²) in [4.78, 5) is 39.0. The molecule has 2 N–H and O–H groups in total. The summed E-state index contributed by atoms with van der Waals surface area (Å²) in [5.41, 5.74) is -0.0746. The minimum Gasteiger partial charge on any atom is -0.477 e. The van der Waals surface area contributed by atoms with E-state index in [2.05, 4.69) is 5.32 Å². The highest BCUT2D eigenvalue weighted by Crippen LogP contribution is 2.48. The number of carboxylic acids is 1. The number of nitrogens with one attached hydrogen (secondary N) is 1. The number of pyridine rings is 1. The van der Waals surface area contributed by atoms with E-state index < -0.39 is 29.0 Å². The van der Waals surface area contributed by atoms with E-state index in [0.717, 1.165) is 32.1 Å². The number of hydrogen-bond acceptors (Lipinski definition) is 5. The summed E-state index contributed by atoms with van der Waals surface area (Å²) in [6, 6.07) is 2.58. The van der Waals surface area contributed by atoms with Crippen molar-refractivity contribution in [1.29, 1.82) is 0 Å². The molecule has 188 valence electrons. The number of carbonyl (C=O) groups is 2. The van der Waals surface area contributed by atoms with Crippen molar-refractivity contribution in [1.82, 2.24) is 9.88 Å². The summed E-state index contributed by atoms with van der Waals surface area (Å²) in [5, 5.41) is 13.0. The van der Waals surface area contributed by atoms with Gasteiger partial charge < -0.3 is 24.6 Å². The number of carbonyl (C=O) groups excluding carboxylic acids is 1. The first-order valence-electron chi connectivity index (χ1n) is 12.3. The van der Waals surface area contributed by atoms with Crippen LogP contribution in [0.1, 0.15) is 74.8 Å². The molecule has 3 aliphatic rings. The molecule has 2 aromatic rings. The maximum absolute atomic E-state index is 15.5. The molecule has 0 radical (unpaired) electrons. The zero-order chi connectivity index (χ0) is 25.3. The zero-order valence-electron chi connectivity index (χ0n) is 20.6. The van der Waals surface area contributed by atoms with Crippen LogP contribution in [0.3, 0.4) is 0 Å². The maximum atomic E-state index is 15.5. The number of amides is 1. The average Bonchev–Trinajstić information content (AvgIpc) is 3.66. The lowest BCUT2D eigenvalue weighted by Gasteiger charge is -2.28. The second-order valence-corrected chi connectivity index (χ2v) is 11.3. The molecule has 9 heteroatoms. The Hall–Kier alpha value is -3.10. The molecular weight excluding hydrogens is 453 g/mol. The van der Waals surface area contributed by atoms with Gasteiger partial charge in [-0.3, -0.25) is 4.79 Å². The summed E-state index contributed by atoms with van der Waals surface area (Å²) < 4.78 is 22.5. The van der Waals surface area contributed by atoms with Gasteiger partial charge in [0.15, 0.2) is 0 Å². The lowest BCUT2D eigenvalue weighted by Crippen LogP contribution is -2.45. The molecule has 0 bridgehead atoms. The second-order valence-electron chi connectivity index (χ2n) is 11.3. The van der Waals surface area contributed by atoms with Gasteiger partial charge in [0.25, 0.3) is 5.56 Å². The SMILES string of the molecule is Cc1c(N2CCC(C3(NC(=O)OC(C)(C)C)CC3)C2)c(F)cc2cc(C(=O)O)c(=O)n(C3CC3)c12. The summed E-state index contributed by atoms with van der Waals surface area (Å²) in [7, 11) is 0. The highest BCUT2D eigenvalue weighted by atomic mass is 19.1. The molecule has 2 saturated carbocycles. The Morgan fingerprint density at radius 2 is 1.89 bits per heavy atom. The third-order valence-corrected chi connectivity index (χ3v) is 7.45. The number of rotatable bonds is 5. The molecule has 2 heterocycles. The van der Waals surface area contributed by atoms with Crippen LogP contribution in [-0.2, 0) is 4.74 Å². The molecule has 1 saturated heterocycles. The molecule has 1 aromatic heterocycles. The van der Waals surface area contributed by atoms with Crippen molar-refractivity contribution in [3.63, 3.8) is 0 Å². The van der Waals surface area contributed by atoms with Crippen LogP contribution in [0, 0.1) is 18.7 Å². The number of aromatic nitrogens is 1. The molecule has 3 fully saturated rings. The van der Waals surface area contributed by atoms with Gasteiger partial charge in [-0.2, -0.15) is 0 Å². The van der Waals surface area contributed by atoms with E-state index in [0.29, 0.717) is 35.2 Å². The van der Waals surface area contributed by atoms with Gasteiger partial charge in [0.05, 0.1) is 11.2 Å². The standard InChI is InChI=1S/C26H32FN3O5/c1-14-20-15(11-18(23(32)33)22(31)30(20)17-5-6-17)12-19(27)21(14)29-10-7-16(13-29)26(8-9-26)28-24(34)35-25(2,3)4/h11-12,16-17H,5-10,13H2,1-4H3,(H,28,34)(H,32,33). The third kappa shape index (κ3) is 4.25. The van der Waals surface area contributed by atoms with E-state index in [1.807, 2.05) is 25.7 Å². The summed E-state index contributed by atoms with van der Waals surface area (Å²) >= 11 is 0. The van der Waals surface area contributed by atoms with Gasteiger partial charge in [0.1, 0.15) is 17.0 Å².